The predicted molar refractivity (Wildman–Crippen MR) is 115 cm³/mol. The van der Waals surface area contributed by atoms with Crippen molar-refractivity contribution in [3.05, 3.63) is 78.4 Å². The average Bonchev–Trinajstić information content (AvgIpc) is 2.79. The van der Waals surface area contributed by atoms with Crippen molar-refractivity contribution < 1.29 is 14.5 Å². The van der Waals surface area contributed by atoms with Crippen molar-refractivity contribution in [2.45, 2.75) is 13.0 Å². The summed E-state index contributed by atoms with van der Waals surface area (Å²) in [6, 6.07) is 23.2. The van der Waals surface area contributed by atoms with Gasteiger partial charge in [-0.1, -0.05) is 54.6 Å². The van der Waals surface area contributed by atoms with Crippen molar-refractivity contribution >= 4 is 28.3 Å². The quantitative estimate of drug-likeness (QED) is 0.720. The molecule has 5 heteroatoms. The lowest BCUT2D eigenvalue weighted by atomic mass is 10.1. The van der Waals surface area contributed by atoms with Crippen LogP contribution in [0.25, 0.3) is 10.8 Å². The van der Waals surface area contributed by atoms with Gasteiger partial charge < -0.3 is 15.1 Å². The second-order valence-corrected chi connectivity index (χ2v) is 7.55. The summed E-state index contributed by atoms with van der Waals surface area (Å²) in [5.74, 6) is 0.0803. The van der Waals surface area contributed by atoms with Gasteiger partial charge in [-0.2, -0.15) is 0 Å². The zero-order chi connectivity index (χ0) is 20.2. The van der Waals surface area contributed by atoms with Gasteiger partial charge in [0.05, 0.1) is 26.2 Å². The van der Waals surface area contributed by atoms with Gasteiger partial charge in [-0.15, -0.1) is 0 Å². The van der Waals surface area contributed by atoms with E-state index in [1.807, 2.05) is 84.6 Å². The van der Waals surface area contributed by atoms with Gasteiger partial charge in [0.15, 0.2) is 6.04 Å². The van der Waals surface area contributed by atoms with Crippen molar-refractivity contribution in [2.24, 2.45) is 0 Å². The normalized spacial score (nSPS) is 15.8. The van der Waals surface area contributed by atoms with Gasteiger partial charge in [-0.25, -0.2) is 0 Å². The maximum atomic E-state index is 12.9. The van der Waals surface area contributed by atoms with Gasteiger partial charge in [0.1, 0.15) is 0 Å². The van der Waals surface area contributed by atoms with Crippen molar-refractivity contribution in [3.63, 3.8) is 0 Å². The third kappa shape index (κ3) is 4.15. The maximum Gasteiger partial charge on any atom is 0.282 e. The fourth-order valence-electron chi connectivity index (χ4n) is 3.95. The minimum Gasteiger partial charge on any atom is -0.327 e. The zero-order valence-electron chi connectivity index (χ0n) is 16.6. The number of fused-ring (bicyclic) bond motifs is 1. The van der Waals surface area contributed by atoms with E-state index in [9.17, 15) is 9.59 Å². The summed E-state index contributed by atoms with van der Waals surface area (Å²) in [4.78, 5) is 28.6. The second-order valence-electron chi connectivity index (χ2n) is 7.55. The fourth-order valence-corrected chi connectivity index (χ4v) is 3.95. The van der Waals surface area contributed by atoms with Gasteiger partial charge in [-0.05, 0) is 30.5 Å². The summed E-state index contributed by atoms with van der Waals surface area (Å²) >= 11 is 0. The molecule has 148 valence electrons. The molecule has 1 saturated heterocycles. The van der Waals surface area contributed by atoms with Crippen LogP contribution in [0.2, 0.25) is 0 Å². The van der Waals surface area contributed by atoms with Crippen LogP contribution in [0.4, 0.5) is 5.69 Å². The SMILES string of the molecule is C[C@@H](C(=O)Nc1cccc2ccccc12)[NH+]1CCN(C(=O)c2ccccc2)CC1. The van der Waals surface area contributed by atoms with Gasteiger partial charge in [0, 0.05) is 16.6 Å². The number of hydrogen-bond acceptors (Lipinski definition) is 2. The molecular formula is C24H26N3O2+. The number of nitrogens with zero attached hydrogens (tertiary/aromatic N) is 1. The van der Waals surface area contributed by atoms with Crippen LogP contribution in [-0.2, 0) is 4.79 Å². The van der Waals surface area contributed by atoms with Crippen LogP contribution in [0.15, 0.2) is 72.8 Å². The molecule has 0 aliphatic carbocycles. The molecule has 0 spiro atoms. The van der Waals surface area contributed by atoms with E-state index in [-0.39, 0.29) is 17.9 Å². The topological polar surface area (TPSA) is 53.9 Å². The number of carbonyl (C=O) groups is 2. The van der Waals surface area contributed by atoms with Crippen LogP contribution in [0.1, 0.15) is 17.3 Å². The number of benzene rings is 3. The highest BCUT2D eigenvalue weighted by atomic mass is 16.2. The van der Waals surface area contributed by atoms with Gasteiger partial charge >= 0.3 is 0 Å². The van der Waals surface area contributed by atoms with Crippen LogP contribution in [0.5, 0.6) is 0 Å². The molecule has 0 unspecified atom stereocenters. The fraction of sp³-hybridized carbons (Fsp3) is 0.250. The molecule has 5 nitrogen and oxygen atoms in total. The summed E-state index contributed by atoms with van der Waals surface area (Å²) < 4.78 is 0. The number of amides is 2. The molecular weight excluding hydrogens is 362 g/mol. The van der Waals surface area contributed by atoms with Crippen molar-refractivity contribution in [2.75, 3.05) is 31.5 Å². The Kier molecular flexibility index (Phi) is 5.58. The van der Waals surface area contributed by atoms with Crippen LogP contribution >= 0.6 is 0 Å². The molecule has 1 aliphatic heterocycles. The smallest absolute Gasteiger partial charge is 0.282 e. The number of anilines is 1. The number of rotatable bonds is 4. The second kappa shape index (κ2) is 8.45. The maximum absolute atomic E-state index is 12.9. The Morgan fingerprint density at radius 1 is 0.897 bits per heavy atom. The van der Waals surface area contributed by atoms with Crippen LogP contribution in [0, 0.1) is 0 Å². The molecule has 3 aromatic rings. The average molecular weight is 388 g/mol. The molecule has 29 heavy (non-hydrogen) atoms. The Balaban J connectivity index is 1.37. The lowest BCUT2D eigenvalue weighted by Gasteiger charge is -2.34. The van der Waals surface area contributed by atoms with Gasteiger partial charge in [0.25, 0.3) is 11.8 Å². The van der Waals surface area contributed by atoms with E-state index < -0.39 is 0 Å². The highest BCUT2D eigenvalue weighted by molar-refractivity contribution is 6.03. The lowest BCUT2D eigenvalue weighted by Crippen LogP contribution is -3.19. The van der Waals surface area contributed by atoms with E-state index in [1.54, 1.807) is 0 Å². The molecule has 0 bridgehead atoms. The number of carbonyl (C=O) groups excluding carboxylic acids is 2. The van der Waals surface area contributed by atoms with Crippen LogP contribution < -0.4 is 10.2 Å². The number of nitrogens with one attached hydrogen (secondary N) is 2. The zero-order valence-corrected chi connectivity index (χ0v) is 16.6. The van der Waals surface area contributed by atoms with Crippen LogP contribution in [0.3, 0.4) is 0 Å². The molecule has 2 N–H and O–H groups in total. The predicted octanol–water partition coefficient (Wildman–Crippen LogP) is 2.21. The monoisotopic (exact) mass is 388 g/mol. The Bertz CT molecular complexity index is 1010. The molecule has 1 atom stereocenters. The lowest BCUT2D eigenvalue weighted by molar-refractivity contribution is -0.917. The standard InChI is InChI=1S/C24H25N3O2/c1-18(23(28)25-22-13-7-11-19-8-5-6-12-21(19)22)26-14-16-27(17-15-26)24(29)20-9-3-2-4-10-20/h2-13,18H,14-17H2,1H3,(H,25,28)/p+1/t18-/m0/s1. The third-order valence-electron chi connectivity index (χ3n) is 5.77. The molecule has 0 saturated carbocycles. The van der Waals surface area contributed by atoms with Gasteiger partial charge in [-0.3, -0.25) is 9.59 Å². The van der Waals surface area contributed by atoms with Crippen LogP contribution in [-0.4, -0.2) is 48.9 Å². The van der Waals surface area contributed by atoms with E-state index in [0.717, 1.165) is 35.1 Å². The van der Waals surface area contributed by atoms with Crippen molar-refractivity contribution in [1.29, 1.82) is 0 Å². The summed E-state index contributed by atoms with van der Waals surface area (Å²) in [5.41, 5.74) is 1.56. The minimum atomic E-state index is -0.178. The van der Waals surface area contributed by atoms with E-state index in [0.29, 0.717) is 13.1 Å². The summed E-state index contributed by atoms with van der Waals surface area (Å²) in [6.45, 7) is 4.82. The third-order valence-corrected chi connectivity index (χ3v) is 5.77. The van der Waals surface area contributed by atoms with Gasteiger partial charge in [0.2, 0.25) is 0 Å². The van der Waals surface area contributed by atoms with E-state index in [2.05, 4.69) is 5.32 Å². The van der Waals surface area contributed by atoms with E-state index in [4.69, 9.17) is 0 Å². The Morgan fingerprint density at radius 2 is 1.55 bits per heavy atom. The van der Waals surface area contributed by atoms with Crippen molar-refractivity contribution in [3.8, 4) is 0 Å². The molecule has 1 fully saturated rings. The Hall–Kier alpha value is -3.18. The number of piperazine rings is 1. The largest absolute Gasteiger partial charge is 0.327 e. The number of hydrogen-bond donors (Lipinski definition) is 2. The highest BCUT2D eigenvalue weighted by Crippen LogP contribution is 2.22. The Morgan fingerprint density at radius 3 is 2.31 bits per heavy atom. The molecule has 2 amide bonds. The summed E-state index contributed by atoms with van der Waals surface area (Å²) in [6.07, 6.45) is 0. The summed E-state index contributed by atoms with van der Waals surface area (Å²) in [7, 11) is 0. The van der Waals surface area contributed by atoms with E-state index >= 15 is 0 Å². The first-order valence-electron chi connectivity index (χ1n) is 10.1. The molecule has 3 aromatic carbocycles. The number of quaternary nitrogens is 1. The minimum absolute atomic E-state index is 0.0131. The molecule has 0 radical (unpaired) electrons. The first kappa shape index (κ1) is 19.2. The molecule has 1 aliphatic rings. The van der Waals surface area contributed by atoms with Crippen molar-refractivity contribution in [1.82, 2.24) is 4.90 Å². The first-order valence-corrected chi connectivity index (χ1v) is 10.1. The Labute approximate surface area is 170 Å². The molecule has 4 rings (SSSR count). The first-order chi connectivity index (χ1) is 14.1. The highest BCUT2D eigenvalue weighted by Gasteiger charge is 2.31. The summed E-state index contributed by atoms with van der Waals surface area (Å²) in [5, 5.41) is 5.26. The molecule has 1 heterocycles. The molecule has 0 aromatic heterocycles. The van der Waals surface area contributed by atoms with E-state index in [1.165, 1.54) is 4.90 Å².